The molecule has 2 heterocycles. The van der Waals surface area contributed by atoms with Gasteiger partial charge in [-0.1, -0.05) is 12.1 Å². The van der Waals surface area contributed by atoms with Gasteiger partial charge in [-0.15, -0.1) is 11.3 Å². The Kier molecular flexibility index (Phi) is 4.27. The van der Waals surface area contributed by atoms with E-state index < -0.39 is 0 Å². The van der Waals surface area contributed by atoms with Crippen LogP contribution in [0.5, 0.6) is 0 Å². The fraction of sp³-hybridized carbons (Fsp3) is 0.471. The molecule has 1 aliphatic heterocycles. The van der Waals surface area contributed by atoms with Crippen LogP contribution in [0.25, 0.3) is 0 Å². The smallest absolute Gasteiger partial charge is 0.0900 e. The normalized spacial score (nSPS) is 15.4. The first-order valence-electron chi connectivity index (χ1n) is 7.66. The molecule has 0 bridgehead atoms. The van der Waals surface area contributed by atoms with Crippen molar-refractivity contribution in [2.45, 2.75) is 46.2 Å². The van der Waals surface area contributed by atoms with Crippen LogP contribution in [0.4, 0.5) is 5.69 Å². The van der Waals surface area contributed by atoms with Gasteiger partial charge in [0, 0.05) is 29.7 Å². The van der Waals surface area contributed by atoms with Gasteiger partial charge in [0.05, 0.1) is 10.7 Å². The lowest BCUT2D eigenvalue weighted by atomic mass is 10.0. The molecule has 2 N–H and O–H groups in total. The number of rotatable bonds is 4. The van der Waals surface area contributed by atoms with E-state index in [0.717, 1.165) is 23.8 Å². The Hall–Kier alpha value is -1.39. The van der Waals surface area contributed by atoms with Gasteiger partial charge in [-0.3, -0.25) is 0 Å². The van der Waals surface area contributed by atoms with Crippen molar-refractivity contribution in [3.63, 3.8) is 0 Å². The predicted octanol–water partition coefficient (Wildman–Crippen LogP) is 3.97. The second-order valence-electron chi connectivity index (χ2n) is 5.81. The third-order valence-electron chi connectivity index (χ3n) is 4.05. The van der Waals surface area contributed by atoms with Gasteiger partial charge < -0.3 is 10.6 Å². The number of nitrogens with zero attached hydrogens (tertiary/aromatic N) is 1. The van der Waals surface area contributed by atoms with Crippen LogP contribution in [0.2, 0.25) is 0 Å². The summed E-state index contributed by atoms with van der Waals surface area (Å²) in [6, 6.07) is 7.14. The summed E-state index contributed by atoms with van der Waals surface area (Å²) >= 11 is 1.80. The maximum absolute atomic E-state index is 4.52. The monoisotopic (exact) mass is 301 g/mol. The first-order chi connectivity index (χ1) is 10.1. The Bertz CT molecular complexity index is 633. The summed E-state index contributed by atoms with van der Waals surface area (Å²) in [5.41, 5.74) is 5.29. The summed E-state index contributed by atoms with van der Waals surface area (Å²) < 4.78 is 0. The van der Waals surface area contributed by atoms with Gasteiger partial charge in [-0.2, -0.15) is 0 Å². The number of hydrogen-bond donors (Lipinski definition) is 2. The Balaban J connectivity index is 1.66. The highest BCUT2D eigenvalue weighted by Gasteiger charge is 2.13. The van der Waals surface area contributed by atoms with Crippen molar-refractivity contribution in [3.8, 4) is 0 Å². The summed E-state index contributed by atoms with van der Waals surface area (Å²) in [4.78, 5) is 5.87. The van der Waals surface area contributed by atoms with Crippen molar-refractivity contribution < 1.29 is 0 Å². The maximum Gasteiger partial charge on any atom is 0.0900 e. The van der Waals surface area contributed by atoms with Crippen LogP contribution in [-0.4, -0.2) is 11.5 Å². The van der Waals surface area contributed by atoms with Gasteiger partial charge in [-0.05, 0) is 50.8 Å². The van der Waals surface area contributed by atoms with E-state index in [2.05, 4.69) is 54.6 Å². The third kappa shape index (κ3) is 3.27. The highest BCUT2D eigenvalue weighted by molar-refractivity contribution is 7.11. The zero-order chi connectivity index (χ0) is 14.8. The summed E-state index contributed by atoms with van der Waals surface area (Å²) in [5, 5.41) is 8.24. The molecule has 0 saturated carbocycles. The van der Waals surface area contributed by atoms with E-state index >= 15 is 0 Å². The van der Waals surface area contributed by atoms with E-state index in [1.807, 2.05) is 0 Å². The van der Waals surface area contributed by atoms with Crippen molar-refractivity contribution in [2.75, 3.05) is 11.9 Å². The zero-order valence-corrected chi connectivity index (χ0v) is 13.8. The van der Waals surface area contributed by atoms with Crippen LogP contribution in [0, 0.1) is 13.8 Å². The van der Waals surface area contributed by atoms with Gasteiger partial charge in [0.2, 0.25) is 0 Å². The quantitative estimate of drug-likeness (QED) is 0.897. The van der Waals surface area contributed by atoms with E-state index in [1.54, 1.807) is 11.3 Å². The minimum absolute atomic E-state index is 0.352. The van der Waals surface area contributed by atoms with Crippen molar-refractivity contribution in [2.24, 2.45) is 0 Å². The molecule has 0 amide bonds. The number of nitrogens with one attached hydrogen (secondary N) is 2. The Morgan fingerprint density at radius 2 is 2.24 bits per heavy atom. The second-order valence-corrected chi connectivity index (χ2v) is 7.04. The molecule has 1 unspecified atom stereocenters. The second kappa shape index (κ2) is 6.16. The lowest BCUT2D eigenvalue weighted by Gasteiger charge is -2.19. The molecule has 1 aromatic carbocycles. The summed E-state index contributed by atoms with van der Waals surface area (Å²) in [6.07, 6.45) is 2.43. The first-order valence-corrected chi connectivity index (χ1v) is 8.48. The number of thiazole rings is 1. The topological polar surface area (TPSA) is 37.0 Å². The van der Waals surface area contributed by atoms with Crippen LogP contribution in [-0.2, 0) is 13.0 Å². The Morgan fingerprint density at radius 3 is 3.00 bits per heavy atom. The fourth-order valence-corrected chi connectivity index (χ4v) is 3.90. The van der Waals surface area contributed by atoms with E-state index in [1.165, 1.54) is 34.5 Å². The SMILES string of the molecule is Cc1nc(C)c(C(C)NCc2ccc3c(c2)CCCN3)s1. The molecule has 2 aromatic rings. The fourth-order valence-electron chi connectivity index (χ4n) is 2.95. The van der Waals surface area contributed by atoms with E-state index in [9.17, 15) is 0 Å². The molecule has 21 heavy (non-hydrogen) atoms. The third-order valence-corrected chi connectivity index (χ3v) is 5.31. The molecule has 0 saturated heterocycles. The van der Waals surface area contributed by atoms with E-state index in [-0.39, 0.29) is 0 Å². The largest absolute Gasteiger partial charge is 0.385 e. The van der Waals surface area contributed by atoms with Gasteiger partial charge in [0.15, 0.2) is 0 Å². The predicted molar refractivity (Wildman–Crippen MR) is 90.1 cm³/mol. The van der Waals surface area contributed by atoms with Gasteiger partial charge in [-0.25, -0.2) is 4.98 Å². The number of hydrogen-bond acceptors (Lipinski definition) is 4. The number of aryl methyl sites for hydroxylation is 3. The summed E-state index contributed by atoms with van der Waals surface area (Å²) in [6.45, 7) is 8.41. The number of fused-ring (bicyclic) bond motifs is 1. The van der Waals surface area contributed by atoms with Crippen LogP contribution >= 0.6 is 11.3 Å². The average Bonchev–Trinajstić information content (AvgIpc) is 2.83. The van der Waals surface area contributed by atoms with Gasteiger partial charge in [0.25, 0.3) is 0 Å². The minimum atomic E-state index is 0.352. The molecular weight excluding hydrogens is 278 g/mol. The molecule has 0 fully saturated rings. The van der Waals surface area contributed by atoms with Gasteiger partial charge in [0.1, 0.15) is 0 Å². The lowest BCUT2D eigenvalue weighted by Crippen LogP contribution is -2.18. The maximum atomic E-state index is 4.52. The summed E-state index contributed by atoms with van der Waals surface area (Å²) in [7, 11) is 0. The van der Waals surface area contributed by atoms with Crippen LogP contribution in [0.3, 0.4) is 0 Å². The minimum Gasteiger partial charge on any atom is -0.385 e. The van der Waals surface area contributed by atoms with Crippen molar-refractivity contribution in [3.05, 3.63) is 44.9 Å². The molecule has 4 heteroatoms. The highest BCUT2D eigenvalue weighted by Crippen LogP contribution is 2.26. The van der Waals surface area contributed by atoms with Crippen molar-refractivity contribution in [1.29, 1.82) is 0 Å². The van der Waals surface area contributed by atoms with Crippen LogP contribution in [0.1, 0.15) is 46.1 Å². The number of anilines is 1. The zero-order valence-electron chi connectivity index (χ0n) is 13.0. The molecule has 3 rings (SSSR count). The molecule has 0 aliphatic carbocycles. The number of aromatic nitrogens is 1. The Morgan fingerprint density at radius 1 is 1.38 bits per heavy atom. The Labute approximate surface area is 130 Å². The average molecular weight is 301 g/mol. The van der Waals surface area contributed by atoms with Crippen molar-refractivity contribution >= 4 is 17.0 Å². The molecule has 3 nitrogen and oxygen atoms in total. The summed E-state index contributed by atoms with van der Waals surface area (Å²) in [5.74, 6) is 0. The first kappa shape index (κ1) is 14.5. The molecule has 1 aromatic heterocycles. The number of benzene rings is 1. The van der Waals surface area contributed by atoms with Crippen LogP contribution in [0.15, 0.2) is 18.2 Å². The lowest BCUT2D eigenvalue weighted by molar-refractivity contribution is 0.579. The molecule has 0 radical (unpaired) electrons. The molecule has 112 valence electrons. The molecule has 1 aliphatic rings. The van der Waals surface area contributed by atoms with Crippen molar-refractivity contribution in [1.82, 2.24) is 10.3 Å². The molecular formula is C17H23N3S. The van der Waals surface area contributed by atoms with E-state index in [0.29, 0.717) is 6.04 Å². The molecule has 1 atom stereocenters. The molecule has 0 spiro atoms. The highest BCUT2D eigenvalue weighted by atomic mass is 32.1. The van der Waals surface area contributed by atoms with E-state index in [4.69, 9.17) is 0 Å². The van der Waals surface area contributed by atoms with Gasteiger partial charge >= 0.3 is 0 Å². The standard InChI is InChI=1S/C17H23N3S/c1-11(17-12(2)20-13(3)21-17)19-10-14-6-7-16-15(9-14)5-4-8-18-16/h6-7,9,11,18-19H,4-5,8,10H2,1-3H3. The van der Waals surface area contributed by atoms with Crippen LogP contribution < -0.4 is 10.6 Å².